The van der Waals surface area contributed by atoms with E-state index in [-0.39, 0.29) is 5.91 Å². The van der Waals surface area contributed by atoms with Crippen molar-refractivity contribution in [1.29, 1.82) is 0 Å². The van der Waals surface area contributed by atoms with E-state index in [2.05, 4.69) is 5.32 Å². The maximum Gasteiger partial charge on any atom is 0.265 e. The lowest BCUT2D eigenvalue weighted by molar-refractivity contribution is -0.176. The van der Waals surface area contributed by atoms with Gasteiger partial charge < -0.3 is 5.32 Å². The van der Waals surface area contributed by atoms with Crippen molar-refractivity contribution >= 4 is 5.91 Å². The average molecular weight is 186 g/mol. The van der Waals surface area contributed by atoms with Crippen LogP contribution in [0.15, 0.2) is 0 Å². The van der Waals surface area contributed by atoms with E-state index < -0.39 is 5.54 Å². The standard InChI is InChI=1S/C9H18N2O2/c1-9(6-4-5-7-10-9)8(12)11(2)13-3/h10H,4-7H2,1-3H3. The highest BCUT2D eigenvalue weighted by atomic mass is 16.7. The van der Waals surface area contributed by atoms with Crippen LogP contribution in [0.1, 0.15) is 26.2 Å². The van der Waals surface area contributed by atoms with Gasteiger partial charge in [0, 0.05) is 7.05 Å². The van der Waals surface area contributed by atoms with Gasteiger partial charge in [0.1, 0.15) is 0 Å². The zero-order valence-electron chi connectivity index (χ0n) is 8.59. The minimum Gasteiger partial charge on any atom is -0.303 e. The van der Waals surface area contributed by atoms with Gasteiger partial charge in [0.15, 0.2) is 0 Å². The van der Waals surface area contributed by atoms with E-state index in [1.165, 1.54) is 12.2 Å². The molecule has 0 spiro atoms. The molecule has 76 valence electrons. The van der Waals surface area contributed by atoms with Crippen molar-refractivity contribution in [2.75, 3.05) is 20.7 Å². The SMILES string of the molecule is CON(C)C(=O)C1(C)CCCCN1. The third-order valence-electron chi connectivity index (χ3n) is 2.65. The Morgan fingerprint density at radius 3 is 2.69 bits per heavy atom. The van der Waals surface area contributed by atoms with Crippen LogP contribution in [0.2, 0.25) is 0 Å². The van der Waals surface area contributed by atoms with E-state index in [0.29, 0.717) is 0 Å². The Hall–Kier alpha value is -0.610. The first-order valence-electron chi connectivity index (χ1n) is 4.67. The van der Waals surface area contributed by atoms with Crippen LogP contribution < -0.4 is 5.32 Å². The smallest absolute Gasteiger partial charge is 0.265 e. The van der Waals surface area contributed by atoms with Gasteiger partial charge in [-0.25, -0.2) is 5.06 Å². The lowest BCUT2D eigenvalue weighted by Gasteiger charge is -2.35. The number of nitrogens with zero attached hydrogens (tertiary/aromatic N) is 1. The predicted octanol–water partition coefficient (Wildman–Crippen LogP) is 0.538. The van der Waals surface area contributed by atoms with Crippen molar-refractivity contribution in [2.24, 2.45) is 0 Å². The molecule has 1 atom stereocenters. The molecule has 0 aliphatic carbocycles. The molecule has 1 amide bonds. The van der Waals surface area contributed by atoms with Crippen molar-refractivity contribution < 1.29 is 9.63 Å². The summed E-state index contributed by atoms with van der Waals surface area (Å²) in [5.74, 6) is 0.00898. The number of carbonyl (C=O) groups is 1. The van der Waals surface area contributed by atoms with Crippen LogP contribution in [-0.2, 0) is 9.63 Å². The van der Waals surface area contributed by atoms with Crippen molar-refractivity contribution in [1.82, 2.24) is 10.4 Å². The van der Waals surface area contributed by atoms with Crippen LogP contribution in [0.5, 0.6) is 0 Å². The second kappa shape index (κ2) is 4.07. The van der Waals surface area contributed by atoms with E-state index in [1.807, 2.05) is 6.92 Å². The highest BCUT2D eigenvalue weighted by Gasteiger charge is 2.36. The maximum absolute atomic E-state index is 11.8. The Labute approximate surface area is 79.2 Å². The predicted molar refractivity (Wildman–Crippen MR) is 50.0 cm³/mol. The van der Waals surface area contributed by atoms with Crippen molar-refractivity contribution in [3.63, 3.8) is 0 Å². The molecule has 1 saturated heterocycles. The number of amides is 1. The van der Waals surface area contributed by atoms with Crippen LogP contribution in [0.4, 0.5) is 0 Å². The van der Waals surface area contributed by atoms with Gasteiger partial charge in [-0.05, 0) is 32.7 Å². The Kier molecular flexibility index (Phi) is 3.27. The fourth-order valence-electron chi connectivity index (χ4n) is 1.67. The van der Waals surface area contributed by atoms with Crippen LogP contribution in [0, 0.1) is 0 Å². The molecule has 1 fully saturated rings. The number of nitrogens with one attached hydrogen (secondary N) is 1. The molecule has 0 aromatic heterocycles. The number of rotatable bonds is 2. The number of hydrogen-bond acceptors (Lipinski definition) is 3. The second-order valence-electron chi connectivity index (χ2n) is 3.70. The van der Waals surface area contributed by atoms with Gasteiger partial charge in [-0.3, -0.25) is 9.63 Å². The van der Waals surface area contributed by atoms with Gasteiger partial charge in [-0.2, -0.15) is 0 Å². The molecule has 1 N–H and O–H groups in total. The normalized spacial score (nSPS) is 28.5. The highest BCUT2D eigenvalue weighted by molar-refractivity contribution is 5.85. The number of likely N-dealkylation sites (N-methyl/N-ethyl adjacent to an activating group) is 1. The molecular weight excluding hydrogens is 168 g/mol. The van der Waals surface area contributed by atoms with Gasteiger partial charge in [-0.1, -0.05) is 0 Å². The van der Waals surface area contributed by atoms with E-state index >= 15 is 0 Å². The second-order valence-corrected chi connectivity index (χ2v) is 3.70. The minimum absolute atomic E-state index is 0.00898. The highest BCUT2D eigenvalue weighted by Crippen LogP contribution is 2.20. The summed E-state index contributed by atoms with van der Waals surface area (Å²) in [7, 11) is 3.15. The molecule has 0 saturated carbocycles. The Balaban J connectivity index is 2.61. The van der Waals surface area contributed by atoms with E-state index in [0.717, 1.165) is 25.8 Å². The fraction of sp³-hybridized carbons (Fsp3) is 0.889. The lowest BCUT2D eigenvalue weighted by atomic mass is 9.90. The lowest BCUT2D eigenvalue weighted by Crippen LogP contribution is -2.56. The topological polar surface area (TPSA) is 41.6 Å². The van der Waals surface area contributed by atoms with Crippen molar-refractivity contribution in [3.8, 4) is 0 Å². The average Bonchev–Trinajstić information content (AvgIpc) is 2.16. The molecule has 1 rings (SSSR count). The Bertz CT molecular complexity index is 188. The summed E-state index contributed by atoms with van der Waals surface area (Å²) >= 11 is 0. The molecular formula is C9H18N2O2. The molecule has 1 aliphatic rings. The number of piperidine rings is 1. The largest absolute Gasteiger partial charge is 0.303 e. The van der Waals surface area contributed by atoms with E-state index in [4.69, 9.17) is 4.84 Å². The molecule has 13 heavy (non-hydrogen) atoms. The minimum atomic E-state index is -0.428. The number of hydroxylamine groups is 2. The van der Waals surface area contributed by atoms with Crippen LogP contribution >= 0.6 is 0 Å². The van der Waals surface area contributed by atoms with Gasteiger partial charge in [0.25, 0.3) is 5.91 Å². The number of carbonyl (C=O) groups excluding carboxylic acids is 1. The molecule has 4 heteroatoms. The molecule has 0 aromatic rings. The van der Waals surface area contributed by atoms with E-state index in [9.17, 15) is 4.79 Å². The molecule has 1 unspecified atom stereocenters. The summed E-state index contributed by atoms with van der Waals surface area (Å²) in [4.78, 5) is 16.7. The van der Waals surface area contributed by atoms with Crippen molar-refractivity contribution in [2.45, 2.75) is 31.7 Å². The molecule has 0 aromatic carbocycles. The Morgan fingerprint density at radius 2 is 2.23 bits per heavy atom. The monoisotopic (exact) mass is 186 g/mol. The van der Waals surface area contributed by atoms with Crippen LogP contribution in [0.3, 0.4) is 0 Å². The third-order valence-corrected chi connectivity index (χ3v) is 2.65. The third kappa shape index (κ3) is 2.19. The summed E-state index contributed by atoms with van der Waals surface area (Å²) in [6.45, 7) is 2.85. The van der Waals surface area contributed by atoms with E-state index in [1.54, 1.807) is 7.05 Å². The van der Waals surface area contributed by atoms with Crippen LogP contribution in [-0.4, -0.2) is 37.2 Å². The summed E-state index contributed by atoms with van der Waals surface area (Å²) in [5, 5.41) is 4.53. The fourth-order valence-corrected chi connectivity index (χ4v) is 1.67. The first kappa shape index (κ1) is 10.5. The quantitative estimate of drug-likeness (QED) is 0.640. The zero-order valence-corrected chi connectivity index (χ0v) is 8.59. The first-order chi connectivity index (χ1) is 6.10. The number of hydrogen-bond donors (Lipinski definition) is 1. The van der Waals surface area contributed by atoms with Crippen LogP contribution in [0.25, 0.3) is 0 Å². The summed E-state index contributed by atoms with van der Waals surface area (Å²) < 4.78 is 0. The molecule has 4 nitrogen and oxygen atoms in total. The zero-order chi connectivity index (χ0) is 9.90. The summed E-state index contributed by atoms with van der Waals surface area (Å²) in [5.41, 5.74) is -0.428. The molecule has 1 aliphatic heterocycles. The van der Waals surface area contributed by atoms with Gasteiger partial charge in [0.05, 0.1) is 12.6 Å². The summed E-state index contributed by atoms with van der Waals surface area (Å²) in [6.07, 6.45) is 3.14. The van der Waals surface area contributed by atoms with Gasteiger partial charge in [0.2, 0.25) is 0 Å². The molecule has 0 radical (unpaired) electrons. The molecule has 1 heterocycles. The van der Waals surface area contributed by atoms with Gasteiger partial charge in [-0.15, -0.1) is 0 Å². The maximum atomic E-state index is 11.8. The summed E-state index contributed by atoms with van der Waals surface area (Å²) in [6, 6.07) is 0. The Morgan fingerprint density at radius 1 is 1.54 bits per heavy atom. The van der Waals surface area contributed by atoms with Crippen molar-refractivity contribution in [3.05, 3.63) is 0 Å². The molecule has 0 bridgehead atoms. The first-order valence-corrected chi connectivity index (χ1v) is 4.67. The van der Waals surface area contributed by atoms with Gasteiger partial charge >= 0.3 is 0 Å².